The van der Waals surface area contributed by atoms with Crippen molar-refractivity contribution in [2.24, 2.45) is 11.7 Å². The lowest BCUT2D eigenvalue weighted by Gasteiger charge is -2.16. The van der Waals surface area contributed by atoms with Crippen molar-refractivity contribution in [2.75, 3.05) is 6.54 Å². The lowest BCUT2D eigenvalue weighted by molar-refractivity contribution is 0.0936. The van der Waals surface area contributed by atoms with Gasteiger partial charge in [0.1, 0.15) is 0 Å². The van der Waals surface area contributed by atoms with Crippen LogP contribution in [-0.4, -0.2) is 18.5 Å². The van der Waals surface area contributed by atoms with Crippen molar-refractivity contribution in [2.45, 2.75) is 40.2 Å². The highest BCUT2D eigenvalue weighted by Gasteiger charge is 2.11. The van der Waals surface area contributed by atoms with Gasteiger partial charge in [0.15, 0.2) is 0 Å². The molecule has 0 heterocycles. The van der Waals surface area contributed by atoms with Crippen LogP contribution in [0.3, 0.4) is 0 Å². The fourth-order valence-electron chi connectivity index (χ4n) is 2.12. The van der Waals surface area contributed by atoms with Gasteiger partial charge in [-0.1, -0.05) is 31.8 Å². The first-order valence-corrected chi connectivity index (χ1v) is 7.04. The fraction of sp³-hybridized carbons (Fsp3) is 0.471. The summed E-state index contributed by atoms with van der Waals surface area (Å²) in [5.41, 5.74) is 7.94. The molecule has 3 N–H and O–H groups in total. The molecular formula is C17H24N2O. The summed E-state index contributed by atoms with van der Waals surface area (Å²) >= 11 is 0. The van der Waals surface area contributed by atoms with Crippen LogP contribution < -0.4 is 11.1 Å². The zero-order valence-electron chi connectivity index (χ0n) is 12.8. The van der Waals surface area contributed by atoms with Crippen LogP contribution >= 0.6 is 0 Å². The van der Waals surface area contributed by atoms with Gasteiger partial charge in [-0.2, -0.15) is 0 Å². The van der Waals surface area contributed by atoms with Crippen LogP contribution in [0.25, 0.3) is 0 Å². The highest BCUT2D eigenvalue weighted by Crippen LogP contribution is 2.11. The van der Waals surface area contributed by atoms with Crippen molar-refractivity contribution >= 4 is 5.91 Å². The summed E-state index contributed by atoms with van der Waals surface area (Å²) in [6.07, 6.45) is 0.970. The van der Waals surface area contributed by atoms with Gasteiger partial charge in [0.25, 0.3) is 5.91 Å². The molecule has 0 aliphatic rings. The van der Waals surface area contributed by atoms with Gasteiger partial charge in [0, 0.05) is 17.2 Å². The summed E-state index contributed by atoms with van der Waals surface area (Å²) < 4.78 is 0. The second-order valence-electron chi connectivity index (χ2n) is 5.54. The van der Waals surface area contributed by atoms with Crippen LogP contribution in [0.2, 0.25) is 0 Å². The molecule has 1 amide bonds. The summed E-state index contributed by atoms with van der Waals surface area (Å²) in [5.74, 6) is 6.34. The number of aryl methyl sites for hydroxylation is 1. The van der Waals surface area contributed by atoms with E-state index in [1.807, 2.05) is 32.0 Å². The average molecular weight is 272 g/mol. The Morgan fingerprint density at radius 2 is 2.05 bits per heavy atom. The second-order valence-corrected chi connectivity index (χ2v) is 5.54. The van der Waals surface area contributed by atoms with Crippen LogP contribution in [0.4, 0.5) is 0 Å². The van der Waals surface area contributed by atoms with E-state index in [1.165, 1.54) is 0 Å². The van der Waals surface area contributed by atoms with E-state index in [0.717, 1.165) is 17.5 Å². The van der Waals surface area contributed by atoms with Gasteiger partial charge in [0.2, 0.25) is 0 Å². The lowest BCUT2D eigenvalue weighted by Crippen LogP contribution is -2.33. The number of nitrogens with two attached hydrogens (primary N) is 1. The molecule has 1 atom stereocenters. The minimum atomic E-state index is -0.0473. The predicted octanol–water partition coefficient (Wildman–Crippen LogP) is 2.47. The number of benzene rings is 1. The molecule has 3 nitrogen and oxygen atoms in total. The maximum atomic E-state index is 12.2. The van der Waals surface area contributed by atoms with E-state index in [9.17, 15) is 4.79 Å². The van der Waals surface area contributed by atoms with Gasteiger partial charge in [-0.15, -0.1) is 0 Å². The van der Waals surface area contributed by atoms with E-state index >= 15 is 0 Å². The molecule has 0 saturated heterocycles. The van der Waals surface area contributed by atoms with Crippen LogP contribution in [0.1, 0.15) is 48.7 Å². The maximum Gasteiger partial charge on any atom is 0.251 e. The van der Waals surface area contributed by atoms with Gasteiger partial charge in [-0.3, -0.25) is 4.79 Å². The standard InChI is InChI=1S/C17H24N2O/c1-12(2)10-14(4)19-17(20)16-8-7-13(3)15(11-16)6-5-9-18/h7-8,11-12,14H,9-10,18H2,1-4H3,(H,19,20). The van der Waals surface area contributed by atoms with Gasteiger partial charge >= 0.3 is 0 Å². The van der Waals surface area contributed by atoms with Crippen LogP contribution in [0, 0.1) is 24.7 Å². The molecule has 3 heteroatoms. The number of rotatable bonds is 4. The fourth-order valence-corrected chi connectivity index (χ4v) is 2.12. The Hall–Kier alpha value is -1.79. The van der Waals surface area contributed by atoms with Crippen molar-refractivity contribution in [1.29, 1.82) is 0 Å². The van der Waals surface area contributed by atoms with Crippen LogP contribution in [-0.2, 0) is 0 Å². The van der Waals surface area contributed by atoms with E-state index in [4.69, 9.17) is 5.73 Å². The van der Waals surface area contributed by atoms with Crippen molar-refractivity contribution in [3.05, 3.63) is 34.9 Å². The quantitative estimate of drug-likeness (QED) is 0.827. The average Bonchev–Trinajstić information content (AvgIpc) is 2.36. The van der Waals surface area contributed by atoms with Crippen molar-refractivity contribution in [1.82, 2.24) is 5.32 Å². The normalized spacial score (nSPS) is 11.7. The maximum absolute atomic E-state index is 12.2. The Labute approximate surface area is 121 Å². The summed E-state index contributed by atoms with van der Waals surface area (Å²) in [7, 11) is 0. The third-order valence-electron chi connectivity index (χ3n) is 3.03. The van der Waals surface area contributed by atoms with E-state index in [0.29, 0.717) is 18.0 Å². The number of hydrogen-bond acceptors (Lipinski definition) is 2. The number of carbonyl (C=O) groups excluding carboxylic acids is 1. The molecule has 0 bridgehead atoms. The first-order valence-electron chi connectivity index (χ1n) is 7.04. The number of nitrogens with one attached hydrogen (secondary N) is 1. The molecular weight excluding hydrogens is 248 g/mol. The topological polar surface area (TPSA) is 55.1 Å². The Morgan fingerprint density at radius 3 is 2.65 bits per heavy atom. The minimum absolute atomic E-state index is 0.0473. The lowest BCUT2D eigenvalue weighted by atomic mass is 10.0. The zero-order chi connectivity index (χ0) is 15.1. The molecule has 1 aromatic carbocycles. The van der Waals surface area contributed by atoms with E-state index in [2.05, 4.69) is 31.0 Å². The molecule has 1 unspecified atom stereocenters. The molecule has 0 aromatic heterocycles. The summed E-state index contributed by atoms with van der Waals surface area (Å²) in [4.78, 5) is 12.2. The summed E-state index contributed by atoms with van der Waals surface area (Å²) in [6, 6.07) is 5.75. The van der Waals surface area contributed by atoms with Gasteiger partial charge in [-0.05, 0) is 43.9 Å². The molecule has 20 heavy (non-hydrogen) atoms. The highest BCUT2D eigenvalue weighted by atomic mass is 16.1. The first kappa shape index (κ1) is 16.3. The predicted molar refractivity (Wildman–Crippen MR) is 83.5 cm³/mol. The molecule has 0 fully saturated rings. The van der Waals surface area contributed by atoms with Crippen LogP contribution in [0.5, 0.6) is 0 Å². The van der Waals surface area contributed by atoms with Crippen LogP contribution in [0.15, 0.2) is 18.2 Å². The highest BCUT2D eigenvalue weighted by molar-refractivity contribution is 5.94. The van der Waals surface area contributed by atoms with E-state index in [1.54, 1.807) is 0 Å². The first-order chi connectivity index (χ1) is 9.43. The molecule has 0 spiro atoms. The Morgan fingerprint density at radius 1 is 1.35 bits per heavy atom. The second kappa shape index (κ2) is 7.72. The van der Waals surface area contributed by atoms with E-state index < -0.39 is 0 Å². The summed E-state index contributed by atoms with van der Waals surface area (Å²) in [6.45, 7) is 8.62. The Balaban J connectivity index is 2.83. The summed E-state index contributed by atoms with van der Waals surface area (Å²) in [5, 5.41) is 3.02. The largest absolute Gasteiger partial charge is 0.350 e. The molecule has 0 radical (unpaired) electrons. The molecule has 0 aliphatic heterocycles. The number of carbonyl (C=O) groups is 1. The van der Waals surface area contributed by atoms with Gasteiger partial charge in [0.05, 0.1) is 6.54 Å². The van der Waals surface area contributed by atoms with Gasteiger partial charge < -0.3 is 11.1 Å². The number of hydrogen-bond donors (Lipinski definition) is 2. The third-order valence-corrected chi connectivity index (χ3v) is 3.03. The van der Waals surface area contributed by atoms with Crippen molar-refractivity contribution < 1.29 is 4.79 Å². The molecule has 1 rings (SSSR count). The SMILES string of the molecule is Cc1ccc(C(=O)NC(C)CC(C)C)cc1C#CCN. The number of amides is 1. The minimum Gasteiger partial charge on any atom is -0.350 e. The van der Waals surface area contributed by atoms with Crippen molar-refractivity contribution in [3.63, 3.8) is 0 Å². The molecule has 108 valence electrons. The third kappa shape index (κ3) is 5.07. The molecule has 1 aromatic rings. The van der Waals surface area contributed by atoms with Crippen molar-refractivity contribution in [3.8, 4) is 11.8 Å². The smallest absolute Gasteiger partial charge is 0.251 e. The zero-order valence-corrected chi connectivity index (χ0v) is 12.8. The Bertz CT molecular complexity index is 524. The van der Waals surface area contributed by atoms with Gasteiger partial charge in [-0.25, -0.2) is 0 Å². The molecule has 0 saturated carbocycles. The van der Waals surface area contributed by atoms with E-state index in [-0.39, 0.29) is 11.9 Å². The monoisotopic (exact) mass is 272 g/mol. The Kier molecular flexibility index (Phi) is 6.27. The molecule has 0 aliphatic carbocycles.